The number of aromatic nitrogens is 5. The molecule has 0 aromatic carbocycles. The molecule has 3 rings (SSSR count). The van der Waals surface area contributed by atoms with Crippen LogP contribution < -0.4 is 4.74 Å². The summed E-state index contributed by atoms with van der Waals surface area (Å²) in [5, 5.41) is 0. The fourth-order valence-electron chi connectivity index (χ4n) is 1.32. The van der Waals surface area contributed by atoms with Gasteiger partial charge in [0.2, 0.25) is 5.82 Å². The highest BCUT2D eigenvalue weighted by atomic mass is 16.5. The Labute approximate surface area is 122 Å². The largest absolute Gasteiger partial charge is 0.467 e. The van der Waals surface area contributed by atoms with Crippen molar-refractivity contribution in [3.05, 3.63) is 48.4 Å². The number of rotatable bonds is 2. The zero-order valence-corrected chi connectivity index (χ0v) is 12.0. The van der Waals surface area contributed by atoms with E-state index in [9.17, 15) is 0 Å². The number of hydrogen-bond donors (Lipinski definition) is 0. The van der Waals surface area contributed by atoms with E-state index < -0.39 is 0 Å². The second kappa shape index (κ2) is 7.09. The summed E-state index contributed by atoms with van der Waals surface area (Å²) in [6.07, 6.45) is 9.95. The SMILES string of the molecule is COc1ncc(C)cn1.Cc1cnc(-c2ncco2)nc1. The molecule has 0 fully saturated rings. The molecule has 0 radical (unpaired) electrons. The fraction of sp³-hybridized carbons (Fsp3) is 0.214. The predicted molar refractivity (Wildman–Crippen MR) is 75.6 cm³/mol. The molecule has 7 nitrogen and oxygen atoms in total. The average Bonchev–Trinajstić information content (AvgIpc) is 3.04. The van der Waals surface area contributed by atoms with E-state index in [0.717, 1.165) is 11.1 Å². The Balaban J connectivity index is 0.000000161. The van der Waals surface area contributed by atoms with E-state index >= 15 is 0 Å². The molecular formula is C14H15N5O2. The van der Waals surface area contributed by atoms with Crippen molar-refractivity contribution in [1.82, 2.24) is 24.9 Å². The molecular weight excluding hydrogens is 270 g/mol. The molecule has 0 saturated heterocycles. The molecule has 0 unspecified atom stereocenters. The van der Waals surface area contributed by atoms with E-state index in [1.807, 2.05) is 13.8 Å². The summed E-state index contributed by atoms with van der Waals surface area (Å²) in [4.78, 5) is 19.8. The van der Waals surface area contributed by atoms with Crippen molar-refractivity contribution in [2.24, 2.45) is 0 Å². The lowest BCUT2D eigenvalue weighted by atomic mass is 10.4. The van der Waals surface area contributed by atoms with Crippen LogP contribution in [-0.2, 0) is 0 Å². The fourth-order valence-corrected chi connectivity index (χ4v) is 1.32. The molecule has 3 aromatic rings. The number of ether oxygens (including phenoxy) is 1. The standard InChI is InChI=1S/C8H7N3O.C6H8N2O/c1-6-4-10-7(11-5-6)8-9-2-3-12-8;1-5-3-7-6(9-2)8-4-5/h2-5H,1H3;3-4H,1-2H3. The molecule has 21 heavy (non-hydrogen) atoms. The smallest absolute Gasteiger partial charge is 0.316 e. The van der Waals surface area contributed by atoms with Gasteiger partial charge in [-0.25, -0.2) is 24.9 Å². The second-order valence-electron chi connectivity index (χ2n) is 4.17. The Morgan fingerprint density at radius 1 is 0.857 bits per heavy atom. The van der Waals surface area contributed by atoms with E-state index in [4.69, 9.17) is 9.15 Å². The summed E-state index contributed by atoms with van der Waals surface area (Å²) in [6.45, 7) is 3.86. The summed E-state index contributed by atoms with van der Waals surface area (Å²) in [6, 6.07) is 0.417. The van der Waals surface area contributed by atoms with Gasteiger partial charge in [-0.15, -0.1) is 0 Å². The molecule has 0 spiro atoms. The Bertz CT molecular complexity index is 651. The maximum atomic E-state index is 5.02. The van der Waals surface area contributed by atoms with Crippen LogP contribution in [0.3, 0.4) is 0 Å². The normalized spacial score (nSPS) is 9.67. The van der Waals surface area contributed by atoms with Crippen LogP contribution in [0, 0.1) is 13.8 Å². The van der Waals surface area contributed by atoms with E-state index in [2.05, 4.69) is 24.9 Å². The molecule has 0 saturated carbocycles. The van der Waals surface area contributed by atoms with E-state index in [1.54, 1.807) is 38.1 Å². The van der Waals surface area contributed by atoms with Gasteiger partial charge in [-0.2, -0.15) is 0 Å². The van der Waals surface area contributed by atoms with Crippen LogP contribution in [0.15, 0.2) is 41.7 Å². The van der Waals surface area contributed by atoms with Crippen molar-refractivity contribution in [2.45, 2.75) is 13.8 Å². The van der Waals surface area contributed by atoms with Crippen LogP contribution >= 0.6 is 0 Å². The number of aryl methyl sites for hydroxylation is 2. The van der Waals surface area contributed by atoms with Crippen LogP contribution in [0.4, 0.5) is 0 Å². The maximum Gasteiger partial charge on any atom is 0.316 e. The summed E-state index contributed by atoms with van der Waals surface area (Å²) in [5.74, 6) is 0.973. The lowest BCUT2D eigenvalue weighted by Gasteiger charge is -1.94. The molecule has 3 heterocycles. The van der Waals surface area contributed by atoms with Gasteiger partial charge in [0.25, 0.3) is 5.89 Å². The van der Waals surface area contributed by atoms with Gasteiger partial charge in [-0.3, -0.25) is 0 Å². The van der Waals surface area contributed by atoms with Crippen LogP contribution in [0.2, 0.25) is 0 Å². The van der Waals surface area contributed by atoms with Crippen molar-refractivity contribution in [3.8, 4) is 17.7 Å². The summed E-state index contributed by atoms with van der Waals surface area (Å²) < 4.78 is 9.77. The minimum atomic E-state index is 0.417. The first-order chi connectivity index (χ1) is 10.2. The first kappa shape index (κ1) is 14.6. The minimum Gasteiger partial charge on any atom is -0.467 e. The summed E-state index contributed by atoms with van der Waals surface area (Å²) >= 11 is 0. The monoisotopic (exact) mass is 285 g/mol. The van der Waals surface area contributed by atoms with Crippen LogP contribution in [0.1, 0.15) is 11.1 Å². The van der Waals surface area contributed by atoms with Crippen LogP contribution in [0.5, 0.6) is 6.01 Å². The molecule has 3 aromatic heterocycles. The topological polar surface area (TPSA) is 86.8 Å². The van der Waals surface area contributed by atoms with Gasteiger partial charge in [-0.05, 0) is 25.0 Å². The van der Waals surface area contributed by atoms with Crippen molar-refractivity contribution in [1.29, 1.82) is 0 Å². The van der Waals surface area contributed by atoms with Crippen LogP contribution in [0.25, 0.3) is 11.7 Å². The molecule has 0 aliphatic carbocycles. The Morgan fingerprint density at radius 3 is 1.90 bits per heavy atom. The van der Waals surface area contributed by atoms with Gasteiger partial charge in [0, 0.05) is 24.8 Å². The Kier molecular flexibility index (Phi) is 4.92. The first-order valence-corrected chi connectivity index (χ1v) is 6.20. The molecule has 0 amide bonds. The van der Waals surface area contributed by atoms with Crippen molar-refractivity contribution in [2.75, 3.05) is 7.11 Å². The van der Waals surface area contributed by atoms with Crippen molar-refractivity contribution in [3.63, 3.8) is 0 Å². The third-order valence-corrected chi connectivity index (χ3v) is 2.34. The Hall–Kier alpha value is -2.83. The predicted octanol–water partition coefficient (Wildman–Crippen LogP) is 2.23. The van der Waals surface area contributed by atoms with E-state index in [0.29, 0.717) is 17.7 Å². The molecule has 0 aliphatic heterocycles. The average molecular weight is 285 g/mol. The maximum absolute atomic E-state index is 5.02. The van der Waals surface area contributed by atoms with Gasteiger partial charge in [0.15, 0.2) is 0 Å². The van der Waals surface area contributed by atoms with Gasteiger partial charge in [-0.1, -0.05) is 0 Å². The molecule has 108 valence electrons. The number of hydrogen-bond acceptors (Lipinski definition) is 7. The molecule has 7 heteroatoms. The lowest BCUT2D eigenvalue weighted by molar-refractivity contribution is 0.379. The van der Waals surface area contributed by atoms with Gasteiger partial charge >= 0.3 is 6.01 Å². The van der Waals surface area contributed by atoms with Crippen molar-refractivity contribution < 1.29 is 9.15 Å². The zero-order chi connectivity index (χ0) is 15.1. The summed E-state index contributed by atoms with van der Waals surface area (Å²) in [5.41, 5.74) is 2.06. The van der Waals surface area contributed by atoms with E-state index in [1.165, 1.54) is 6.26 Å². The minimum absolute atomic E-state index is 0.417. The third kappa shape index (κ3) is 4.34. The number of nitrogens with zero attached hydrogens (tertiary/aromatic N) is 5. The summed E-state index contributed by atoms with van der Waals surface area (Å²) in [7, 11) is 1.55. The second-order valence-corrected chi connectivity index (χ2v) is 4.17. The number of oxazole rings is 1. The highest BCUT2D eigenvalue weighted by molar-refractivity contribution is 5.38. The highest BCUT2D eigenvalue weighted by Crippen LogP contribution is 2.09. The zero-order valence-electron chi connectivity index (χ0n) is 12.0. The third-order valence-electron chi connectivity index (χ3n) is 2.34. The van der Waals surface area contributed by atoms with E-state index in [-0.39, 0.29) is 0 Å². The molecule has 0 atom stereocenters. The quantitative estimate of drug-likeness (QED) is 0.713. The lowest BCUT2D eigenvalue weighted by Crippen LogP contribution is -1.90. The molecule has 0 bridgehead atoms. The van der Waals surface area contributed by atoms with Crippen LogP contribution in [-0.4, -0.2) is 32.0 Å². The first-order valence-electron chi connectivity index (χ1n) is 6.20. The van der Waals surface area contributed by atoms with Gasteiger partial charge < -0.3 is 9.15 Å². The molecule has 0 aliphatic rings. The van der Waals surface area contributed by atoms with Gasteiger partial charge in [0.1, 0.15) is 6.26 Å². The number of methoxy groups -OCH3 is 1. The molecule has 0 N–H and O–H groups in total. The Morgan fingerprint density at radius 2 is 1.43 bits per heavy atom. The van der Waals surface area contributed by atoms with Crippen molar-refractivity contribution >= 4 is 0 Å². The van der Waals surface area contributed by atoms with Gasteiger partial charge in [0.05, 0.1) is 13.3 Å². The highest BCUT2D eigenvalue weighted by Gasteiger charge is 2.03.